The van der Waals surface area contributed by atoms with Crippen LogP contribution in [-0.2, 0) is 21.9 Å². The number of carbonyl (C=O) groups excluding carboxylic acids is 1. The second kappa shape index (κ2) is 12.5. The van der Waals surface area contributed by atoms with Crippen LogP contribution in [0.2, 0.25) is 0 Å². The van der Waals surface area contributed by atoms with Gasteiger partial charge in [-0.25, -0.2) is 20.8 Å². The van der Waals surface area contributed by atoms with Crippen molar-refractivity contribution in [2.75, 3.05) is 5.32 Å². The summed E-state index contributed by atoms with van der Waals surface area (Å²) in [5.74, 6) is -1.12. The Morgan fingerprint density at radius 2 is 1.86 bits per heavy atom. The summed E-state index contributed by atoms with van der Waals surface area (Å²) < 4.78 is 29.4. The van der Waals surface area contributed by atoms with Crippen molar-refractivity contribution in [2.24, 2.45) is 0 Å². The minimum atomic E-state index is -3.08. The van der Waals surface area contributed by atoms with Gasteiger partial charge in [-0.2, -0.15) is 18.2 Å². The van der Waals surface area contributed by atoms with Crippen LogP contribution in [0.15, 0.2) is 90.6 Å². The molecule has 0 aliphatic heterocycles. The molecule has 2 aromatic rings. The molecule has 1 amide bonds. The van der Waals surface area contributed by atoms with Gasteiger partial charge in [-0.15, -0.1) is 0 Å². The van der Waals surface area contributed by atoms with Gasteiger partial charge in [0.05, 0.1) is 0 Å². The first kappa shape index (κ1) is 24.1. The first-order chi connectivity index (χ1) is 13.5. The van der Waals surface area contributed by atoms with E-state index in [4.69, 9.17) is 0 Å². The van der Waals surface area contributed by atoms with Gasteiger partial charge >= 0.3 is 24.5 Å². The Labute approximate surface area is 179 Å². The van der Waals surface area contributed by atoms with Crippen LogP contribution in [0.25, 0.3) is 5.76 Å². The van der Waals surface area contributed by atoms with Crippen molar-refractivity contribution in [2.45, 2.75) is 6.92 Å². The third-order valence-electron chi connectivity index (χ3n) is 3.45. The molecule has 0 aromatic heterocycles. The number of anilines is 1. The summed E-state index contributed by atoms with van der Waals surface area (Å²) in [4.78, 5) is 11.0. The Hall–Kier alpha value is -2.96. The molecule has 0 spiro atoms. The molecular weight excluding hydrogens is 419 g/mol. The van der Waals surface area contributed by atoms with E-state index in [0.29, 0.717) is 0 Å². The van der Waals surface area contributed by atoms with E-state index in [-0.39, 0.29) is 40.0 Å². The summed E-state index contributed by atoms with van der Waals surface area (Å²) in [5.41, 5.74) is 1.08. The van der Waals surface area contributed by atoms with Gasteiger partial charge in [-0.05, 0) is 17.7 Å². The molecule has 0 saturated carbocycles. The van der Waals surface area contributed by atoms with Gasteiger partial charge in [0, 0.05) is 24.2 Å². The molecule has 0 bridgehead atoms. The van der Waals surface area contributed by atoms with Crippen LogP contribution in [0.5, 0.6) is 5.75 Å². The standard InChI is InChI=1S/C16H14BF2NO3.C5H5.Fe/c1-11(21)20-13-7-8-14(16(10-13)23-17(18)19)15(22)9-6-12-4-2-3-5-12;1-2-4-5-3-1;/h2-10,22H,1H3,(H,20,21);1-5H;/q;-1;+2/p-1. The van der Waals surface area contributed by atoms with Crippen molar-refractivity contribution >= 4 is 24.8 Å². The molecule has 0 fully saturated rings. The Balaban J connectivity index is 0.000000610. The molecule has 1 N–H and O–H groups in total. The summed E-state index contributed by atoms with van der Waals surface area (Å²) in [6, 6.07) is 14.0. The normalized spacial score (nSPS) is 11.8. The molecule has 8 heteroatoms. The zero-order chi connectivity index (χ0) is 20.4. The van der Waals surface area contributed by atoms with Crippen molar-refractivity contribution in [1.82, 2.24) is 0 Å². The predicted octanol–water partition coefficient (Wildman–Crippen LogP) is 4.10. The van der Waals surface area contributed by atoms with Crippen LogP contribution in [0.1, 0.15) is 12.5 Å². The minimum Gasteiger partial charge on any atom is -0.872 e. The molecule has 3 rings (SSSR count). The Morgan fingerprint density at radius 3 is 2.38 bits per heavy atom. The third kappa shape index (κ3) is 8.72. The van der Waals surface area contributed by atoms with Crippen LogP contribution in [0.4, 0.5) is 14.3 Å². The zero-order valence-corrected chi connectivity index (χ0v) is 16.6. The van der Waals surface area contributed by atoms with Crippen LogP contribution in [-0.4, -0.2) is 13.4 Å². The van der Waals surface area contributed by atoms with E-state index in [0.717, 1.165) is 5.57 Å². The van der Waals surface area contributed by atoms with Gasteiger partial charge in [-0.3, -0.25) is 4.79 Å². The van der Waals surface area contributed by atoms with E-state index >= 15 is 0 Å². The monoisotopic (exact) mass is 437 g/mol. The van der Waals surface area contributed by atoms with Crippen LogP contribution in [0.3, 0.4) is 0 Å². The molecule has 4 nitrogen and oxygen atoms in total. The smallest absolute Gasteiger partial charge is 0.872 e. The first-order valence-corrected chi connectivity index (χ1v) is 8.43. The number of nitrogens with one attached hydrogen (secondary N) is 1. The van der Waals surface area contributed by atoms with E-state index in [1.54, 1.807) is 18.2 Å². The number of hydrogen-bond acceptors (Lipinski definition) is 3. The number of allylic oxidation sites excluding steroid dienone is 7. The predicted molar refractivity (Wildman–Crippen MR) is 106 cm³/mol. The van der Waals surface area contributed by atoms with E-state index in [1.165, 1.54) is 31.2 Å². The largest absolute Gasteiger partial charge is 2.00 e. The fourth-order valence-corrected chi connectivity index (χ4v) is 2.28. The van der Waals surface area contributed by atoms with Crippen LogP contribution in [0, 0.1) is 0 Å². The summed E-state index contributed by atoms with van der Waals surface area (Å²) in [7, 11) is -3.08. The van der Waals surface area contributed by atoms with Crippen molar-refractivity contribution in [1.29, 1.82) is 0 Å². The second-order valence-corrected chi connectivity index (χ2v) is 5.65. The maximum atomic E-state index is 12.5. The van der Waals surface area contributed by atoms with Gasteiger partial charge in [-0.1, -0.05) is 42.2 Å². The topological polar surface area (TPSA) is 61.4 Å². The van der Waals surface area contributed by atoms with Gasteiger partial charge in [0.2, 0.25) is 5.91 Å². The quantitative estimate of drug-likeness (QED) is 0.436. The van der Waals surface area contributed by atoms with Crippen molar-refractivity contribution in [3.63, 3.8) is 0 Å². The SMILES string of the molecule is CC(=O)Nc1ccc(C([O-])=CC=C2C=CC=C2)c(OB(F)F)c1.[Fe+2].c1cc[cH-]c1. The van der Waals surface area contributed by atoms with Gasteiger partial charge < -0.3 is 15.1 Å². The van der Waals surface area contributed by atoms with E-state index in [2.05, 4.69) is 9.97 Å². The minimum absolute atomic E-state index is 0. The maximum Gasteiger partial charge on any atom is 2.00 e. The molecule has 150 valence electrons. The van der Waals surface area contributed by atoms with Crippen molar-refractivity contribution in [3.05, 3.63) is 96.1 Å². The molecule has 1 aliphatic carbocycles. The Bertz CT molecular complexity index is 875. The Kier molecular flexibility index (Phi) is 10.4. The number of carbonyl (C=O) groups is 1. The number of amides is 1. The summed E-state index contributed by atoms with van der Waals surface area (Å²) in [6.07, 6.45) is 10.1. The average Bonchev–Trinajstić information content (AvgIpc) is 3.35. The van der Waals surface area contributed by atoms with Gasteiger partial charge in [0.25, 0.3) is 0 Å². The molecule has 0 unspecified atom stereocenters. The second-order valence-electron chi connectivity index (χ2n) is 5.65. The fraction of sp³-hybridized carbons (Fsp3) is 0.0476. The number of hydrogen-bond donors (Lipinski definition) is 1. The first-order valence-electron chi connectivity index (χ1n) is 8.43. The average molecular weight is 437 g/mol. The number of rotatable bonds is 5. The summed E-state index contributed by atoms with van der Waals surface area (Å²) >= 11 is 0. The molecule has 0 saturated heterocycles. The van der Waals surface area contributed by atoms with E-state index in [1.807, 2.05) is 42.5 Å². The zero-order valence-electron chi connectivity index (χ0n) is 15.5. The van der Waals surface area contributed by atoms with E-state index < -0.39 is 13.2 Å². The van der Waals surface area contributed by atoms with Crippen LogP contribution >= 0.6 is 0 Å². The molecule has 0 radical (unpaired) electrons. The fourth-order valence-electron chi connectivity index (χ4n) is 2.28. The molecule has 0 heterocycles. The molecule has 29 heavy (non-hydrogen) atoms. The van der Waals surface area contributed by atoms with Gasteiger partial charge in [0.15, 0.2) is 0 Å². The molecule has 0 atom stereocenters. The molecule has 1 aliphatic rings. The summed E-state index contributed by atoms with van der Waals surface area (Å²) in [6.45, 7) is 1.29. The third-order valence-corrected chi connectivity index (χ3v) is 3.45. The van der Waals surface area contributed by atoms with E-state index in [9.17, 15) is 18.5 Å². The maximum absolute atomic E-state index is 12.5. The van der Waals surface area contributed by atoms with Crippen molar-refractivity contribution in [3.8, 4) is 5.75 Å². The Morgan fingerprint density at radius 1 is 1.21 bits per heavy atom. The summed E-state index contributed by atoms with van der Waals surface area (Å²) in [5, 5.41) is 14.6. The molecule has 2 aromatic carbocycles. The number of halogens is 2. The number of benzene rings is 1. The molecular formula is C21H18BF2FeNO3. The van der Waals surface area contributed by atoms with Crippen LogP contribution < -0.4 is 15.1 Å². The van der Waals surface area contributed by atoms with Crippen molar-refractivity contribution < 1.29 is 40.3 Å². The van der Waals surface area contributed by atoms with Gasteiger partial charge in [0.1, 0.15) is 5.75 Å².